The summed E-state index contributed by atoms with van der Waals surface area (Å²) in [7, 11) is 0. The van der Waals surface area contributed by atoms with Crippen LogP contribution in [0.25, 0.3) is 82.9 Å². The van der Waals surface area contributed by atoms with Crippen molar-refractivity contribution in [2.24, 2.45) is 10.7 Å². The van der Waals surface area contributed by atoms with Crippen molar-refractivity contribution in [3.8, 4) is 33.6 Å². The second-order valence-electron chi connectivity index (χ2n) is 15.7. The van der Waals surface area contributed by atoms with Crippen LogP contribution in [0.2, 0.25) is 0 Å². The topological polar surface area (TPSA) is 48.2 Å². The van der Waals surface area contributed by atoms with Gasteiger partial charge < -0.3 is 14.9 Å². The molecule has 294 valence electrons. The highest BCUT2D eigenvalue weighted by molar-refractivity contribution is 6.17. The Bertz CT molecular complexity index is 3380. The molecule has 0 radical (unpaired) electrons. The summed E-state index contributed by atoms with van der Waals surface area (Å²) in [6, 6.07) is 79.5. The minimum Gasteiger partial charge on any atom is -0.398 e. The summed E-state index contributed by atoms with van der Waals surface area (Å²) >= 11 is 0. The SMILES string of the molecule is N/C(=C\C(=NCc1ccccc1)c1cc(-c2ccccc2)ccc1-n1c2ccccc2c2ccccc21)c1cc(-c2ccccc2)ccc1-n1c2ccccc2c2ccccc21. The van der Waals surface area contributed by atoms with E-state index in [4.69, 9.17) is 10.7 Å². The Morgan fingerprint density at radius 3 is 1.21 bits per heavy atom. The van der Waals surface area contributed by atoms with Gasteiger partial charge in [-0.2, -0.15) is 0 Å². The third-order valence-corrected chi connectivity index (χ3v) is 12.0. The van der Waals surface area contributed by atoms with Crippen LogP contribution < -0.4 is 5.73 Å². The lowest BCUT2D eigenvalue weighted by Gasteiger charge is -2.18. The van der Waals surface area contributed by atoms with Gasteiger partial charge in [-0.25, -0.2) is 0 Å². The van der Waals surface area contributed by atoms with Crippen molar-refractivity contribution in [3.63, 3.8) is 0 Å². The zero-order valence-electron chi connectivity index (χ0n) is 34.1. The van der Waals surface area contributed by atoms with E-state index in [9.17, 15) is 0 Å². The van der Waals surface area contributed by atoms with E-state index in [0.717, 1.165) is 78.1 Å². The van der Waals surface area contributed by atoms with E-state index in [0.29, 0.717) is 12.2 Å². The van der Waals surface area contributed by atoms with Gasteiger partial charge in [0.15, 0.2) is 0 Å². The highest BCUT2D eigenvalue weighted by Gasteiger charge is 2.21. The summed E-state index contributed by atoms with van der Waals surface area (Å²) in [5.41, 5.74) is 23.0. The highest BCUT2D eigenvalue weighted by atomic mass is 15.0. The Labute approximate surface area is 360 Å². The van der Waals surface area contributed by atoms with Gasteiger partial charge in [0.25, 0.3) is 0 Å². The van der Waals surface area contributed by atoms with Crippen LogP contribution in [0.15, 0.2) is 236 Å². The molecule has 2 heterocycles. The van der Waals surface area contributed by atoms with E-state index in [1.165, 1.54) is 21.5 Å². The first-order valence-electron chi connectivity index (χ1n) is 21.1. The predicted molar refractivity (Wildman–Crippen MR) is 261 cm³/mol. The normalized spacial score (nSPS) is 12.2. The minimum atomic E-state index is 0.478. The maximum atomic E-state index is 7.60. The van der Waals surface area contributed by atoms with Crippen LogP contribution in [0.3, 0.4) is 0 Å². The summed E-state index contributed by atoms with van der Waals surface area (Å²) in [6.45, 7) is 0.478. The van der Waals surface area contributed by atoms with Gasteiger partial charge in [0.2, 0.25) is 0 Å². The molecule has 0 amide bonds. The Hall–Kier alpha value is -8.21. The Kier molecular flexibility index (Phi) is 9.36. The molecule has 0 aliphatic rings. The molecule has 0 fully saturated rings. The average molecular weight is 795 g/mol. The molecule has 0 spiro atoms. The fourth-order valence-electron chi connectivity index (χ4n) is 9.08. The zero-order chi connectivity index (χ0) is 41.4. The molecule has 0 aliphatic heterocycles. The summed E-state index contributed by atoms with van der Waals surface area (Å²) in [6.07, 6.45) is 2.10. The van der Waals surface area contributed by atoms with Gasteiger partial charge in [-0.05, 0) is 82.4 Å². The number of nitrogens with two attached hydrogens (primary N) is 1. The van der Waals surface area contributed by atoms with E-state index in [1.807, 2.05) is 6.07 Å². The Morgan fingerprint density at radius 2 is 0.758 bits per heavy atom. The van der Waals surface area contributed by atoms with Crippen molar-refractivity contribution in [2.75, 3.05) is 0 Å². The number of benzene rings is 9. The first-order chi connectivity index (χ1) is 30.7. The first-order valence-corrected chi connectivity index (χ1v) is 21.1. The fraction of sp³-hybridized carbons (Fsp3) is 0.0172. The summed E-state index contributed by atoms with van der Waals surface area (Å²) in [5.74, 6) is 0. The Morgan fingerprint density at radius 1 is 0.387 bits per heavy atom. The maximum Gasteiger partial charge on any atom is 0.0692 e. The quantitative estimate of drug-likeness (QED) is 0.145. The molecule has 0 aliphatic carbocycles. The lowest BCUT2D eigenvalue weighted by Crippen LogP contribution is -2.11. The minimum absolute atomic E-state index is 0.478. The third-order valence-electron chi connectivity index (χ3n) is 12.0. The number of para-hydroxylation sites is 4. The van der Waals surface area contributed by atoms with E-state index in [2.05, 4.69) is 234 Å². The van der Waals surface area contributed by atoms with Crippen LogP contribution in [0.4, 0.5) is 0 Å². The zero-order valence-corrected chi connectivity index (χ0v) is 34.1. The standard InChI is InChI=1S/C58H42N4/c59-51(49-36-43(41-20-6-2-7-21-41)32-34-57(49)61-53-28-14-10-24-45(53)46-25-11-15-29-54(46)61)38-52(60-39-40-18-4-1-5-19-40)50-37-44(42-22-8-3-9-23-42)33-35-58(50)62-55-30-16-12-26-47(55)48-27-13-17-31-56(48)62/h1-38H,39,59H2/b51-38-,60-52?. The first kappa shape index (κ1) is 36.8. The molecule has 9 aromatic carbocycles. The average Bonchev–Trinajstić information content (AvgIpc) is 3.86. The van der Waals surface area contributed by atoms with Crippen LogP contribution in [0, 0.1) is 0 Å². The van der Waals surface area contributed by atoms with Crippen LogP contribution in [-0.2, 0) is 6.54 Å². The molecule has 2 N–H and O–H groups in total. The molecule has 0 unspecified atom stereocenters. The third kappa shape index (κ3) is 6.55. The number of hydrogen-bond donors (Lipinski definition) is 1. The molecular weight excluding hydrogens is 753 g/mol. The lowest BCUT2D eigenvalue weighted by molar-refractivity contribution is 1.07. The van der Waals surface area contributed by atoms with Gasteiger partial charge in [-0.3, -0.25) is 4.99 Å². The number of aliphatic imine (C=N–C) groups is 1. The van der Waals surface area contributed by atoms with E-state index >= 15 is 0 Å². The second kappa shape index (κ2) is 15.8. The van der Waals surface area contributed by atoms with Gasteiger partial charge in [0.05, 0.1) is 45.7 Å². The molecule has 4 nitrogen and oxygen atoms in total. The molecule has 2 aromatic heterocycles. The molecule has 4 heteroatoms. The van der Waals surface area contributed by atoms with Crippen LogP contribution in [-0.4, -0.2) is 14.8 Å². The summed E-state index contributed by atoms with van der Waals surface area (Å²) in [5, 5.41) is 4.80. The van der Waals surface area contributed by atoms with E-state index in [1.54, 1.807) is 0 Å². The van der Waals surface area contributed by atoms with Gasteiger partial charge >= 0.3 is 0 Å². The van der Waals surface area contributed by atoms with Gasteiger partial charge in [0, 0.05) is 38.4 Å². The highest BCUT2D eigenvalue weighted by Crippen LogP contribution is 2.38. The number of rotatable bonds is 9. The largest absolute Gasteiger partial charge is 0.398 e. The van der Waals surface area contributed by atoms with E-state index < -0.39 is 0 Å². The van der Waals surface area contributed by atoms with Crippen molar-refractivity contribution in [1.82, 2.24) is 9.13 Å². The summed E-state index contributed by atoms with van der Waals surface area (Å²) < 4.78 is 4.74. The number of hydrogen-bond acceptors (Lipinski definition) is 2. The molecule has 0 saturated carbocycles. The van der Waals surface area contributed by atoms with Crippen molar-refractivity contribution >= 4 is 55.0 Å². The van der Waals surface area contributed by atoms with E-state index in [-0.39, 0.29) is 0 Å². The smallest absolute Gasteiger partial charge is 0.0692 e. The van der Waals surface area contributed by atoms with Crippen LogP contribution in [0.5, 0.6) is 0 Å². The molecule has 11 rings (SSSR count). The van der Waals surface area contributed by atoms with Crippen molar-refractivity contribution in [2.45, 2.75) is 6.54 Å². The monoisotopic (exact) mass is 794 g/mol. The summed E-state index contributed by atoms with van der Waals surface area (Å²) in [4.78, 5) is 5.51. The number of fused-ring (bicyclic) bond motifs is 6. The predicted octanol–water partition coefficient (Wildman–Crippen LogP) is 14.2. The van der Waals surface area contributed by atoms with Crippen LogP contribution >= 0.6 is 0 Å². The van der Waals surface area contributed by atoms with Crippen molar-refractivity contribution in [3.05, 3.63) is 247 Å². The lowest BCUT2D eigenvalue weighted by atomic mass is 9.96. The number of allylic oxidation sites excluding steroid dienone is 1. The van der Waals surface area contributed by atoms with Crippen LogP contribution in [0.1, 0.15) is 16.7 Å². The molecule has 0 bridgehead atoms. The van der Waals surface area contributed by atoms with Gasteiger partial charge in [-0.15, -0.1) is 0 Å². The Balaban J connectivity index is 1.19. The van der Waals surface area contributed by atoms with Crippen molar-refractivity contribution in [1.29, 1.82) is 0 Å². The molecule has 0 saturated heterocycles. The maximum absolute atomic E-state index is 7.60. The van der Waals surface area contributed by atoms with Gasteiger partial charge in [0.1, 0.15) is 0 Å². The molecule has 11 aromatic rings. The number of nitrogens with zero attached hydrogens (tertiary/aromatic N) is 3. The number of aromatic nitrogens is 2. The van der Waals surface area contributed by atoms with Gasteiger partial charge in [-0.1, -0.05) is 176 Å². The fourth-order valence-corrected chi connectivity index (χ4v) is 9.08. The molecule has 0 atom stereocenters. The van der Waals surface area contributed by atoms with Crippen molar-refractivity contribution < 1.29 is 0 Å². The second-order valence-corrected chi connectivity index (χ2v) is 15.7. The molecule has 62 heavy (non-hydrogen) atoms. The molecular formula is C58H42N4.